The Morgan fingerprint density at radius 2 is 1.80 bits per heavy atom. The third-order valence-corrected chi connectivity index (χ3v) is 8.44. The van der Waals surface area contributed by atoms with Gasteiger partial charge >= 0.3 is 0 Å². The molecule has 240 valence electrons. The van der Waals surface area contributed by atoms with Gasteiger partial charge in [-0.15, -0.1) is 0 Å². The highest BCUT2D eigenvalue weighted by Gasteiger charge is 2.59. The summed E-state index contributed by atoms with van der Waals surface area (Å²) < 4.78 is 54.8. The summed E-state index contributed by atoms with van der Waals surface area (Å²) in [7, 11) is 5.56. The number of carbonyl (C=O) groups is 1. The molecule has 1 aromatic heterocycles. The highest BCUT2D eigenvalue weighted by molar-refractivity contribution is 5.87. The van der Waals surface area contributed by atoms with Crippen LogP contribution in [0.1, 0.15) is 42.7 Å². The maximum absolute atomic E-state index is 15.0. The van der Waals surface area contributed by atoms with Gasteiger partial charge in [-0.05, 0) is 44.6 Å². The first-order chi connectivity index (χ1) is 20.9. The van der Waals surface area contributed by atoms with Crippen LogP contribution < -0.4 is 4.74 Å². The molecule has 0 N–H and O–H groups in total. The van der Waals surface area contributed by atoms with E-state index in [4.69, 9.17) is 9.47 Å². The van der Waals surface area contributed by atoms with E-state index in [-0.39, 0.29) is 24.5 Å². The molecule has 0 saturated carbocycles. The number of aldehydes is 1. The second-order valence-electron chi connectivity index (χ2n) is 12.4. The summed E-state index contributed by atoms with van der Waals surface area (Å²) in [5, 5.41) is 3.63. The smallest absolute Gasteiger partial charge is 0.291 e. The van der Waals surface area contributed by atoms with Crippen molar-refractivity contribution in [2.45, 2.75) is 44.6 Å². The van der Waals surface area contributed by atoms with Crippen LogP contribution in [0.4, 0.5) is 13.2 Å². The van der Waals surface area contributed by atoms with Crippen LogP contribution in [0.25, 0.3) is 11.1 Å². The van der Waals surface area contributed by atoms with E-state index in [1.54, 1.807) is 18.2 Å². The Hall–Kier alpha value is -3.35. The lowest BCUT2D eigenvalue weighted by atomic mass is 9.79. The second-order valence-corrected chi connectivity index (χ2v) is 12.4. The van der Waals surface area contributed by atoms with Gasteiger partial charge in [0.05, 0.1) is 13.2 Å². The van der Waals surface area contributed by atoms with E-state index in [1.807, 2.05) is 25.8 Å². The molecule has 0 bridgehead atoms. The highest BCUT2D eigenvalue weighted by Crippen LogP contribution is 2.48. The van der Waals surface area contributed by atoms with Crippen molar-refractivity contribution in [3.05, 3.63) is 47.5 Å². The summed E-state index contributed by atoms with van der Waals surface area (Å²) in [5.41, 5.74) is 0.236. The van der Waals surface area contributed by atoms with E-state index < -0.39 is 23.8 Å². The van der Waals surface area contributed by atoms with E-state index in [0.717, 1.165) is 13.2 Å². The van der Waals surface area contributed by atoms with Crippen LogP contribution in [-0.2, 0) is 16.0 Å². The highest BCUT2D eigenvalue weighted by atomic mass is 19.3. The number of aliphatic imine (C=N–C) groups is 1. The Labute approximate surface area is 257 Å². The van der Waals surface area contributed by atoms with Gasteiger partial charge in [0.15, 0.2) is 23.5 Å². The van der Waals surface area contributed by atoms with Gasteiger partial charge in [-0.1, -0.05) is 25.1 Å². The van der Waals surface area contributed by atoms with Crippen LogP contribution in [0.15, 0.2) is 40.6 Å². The molecular weight excluding hydrogens is 575 g/mol. The Morgan fingerprint density at radius 3 is 2.25 bits per heavy atom. The molecule has 0 aliphatic carbocycles. The van der Waals surface area contributed by atoms with Gasteiger partial charge in [0.25, 0.3) is 5.92 Å². The minimum Gasteiger partial charge on any atom is -0.481 e. The van der Waals surface area contributed by atoms with E-state index in [1.165, 1.54) is 32.5 Å². The number of piperidine rings is 1. The number of hydrogen-bond donors (Lipinski definition) is 0. The van der Waals surface area contributed by atoms with Crippen LogP contribution in [-0.4, -0.2) is 106 Å². The number of benzene rings is 1. The monoisotopic (exact) mass is 617 g/mol. The van der Waals surface area contributed by atoms with Crippen molar-refractivity contribution < 1.29 is 32.3 Å². The molecule has 9 nitrogen and oxygen atoms in total. The first kappa shape index (κ1) is 33.5. The zero-order valence-corrected chi connectivity index (χ0v) is 26.1. The van der Waals surface area contributed by atoms with Gasteiger partial charge in [0, 0.05) is 74.1 Å². The number of halogens is 3. The lowest BCUT2D eigenvalue weighted by Gasteiger charge is -2.53. The summed E-state index contributed by atoms with van der Waals surface area (Å²) in [6.45, 7) is 13.0. The number of rotatable bonds is 4. The molecule has 4 aliphatic rings. The molecule has 0 radical (unpaired) electrons. The van der Waals surface area contributed by atoms with Gasteiger partial charge in [-0.3, -0.25) is 4.79 Å². The topological polar surface area (TPSA) is 88.8 Å². The minimum atomic E-state index is -2.98. The molecule has 1 aromatic carbocycles. The molecule has 5 heterocycles. The SMILES string of the molecule is C=N/C(=N\OC)C(C)C.CN1CC2(COC2)C1.CN1CCC2(CC1)Oc1ccc(-c3cnc(C=O)c(F)c3)cc1CC2(F)F. The quantitative estimate of drug-likeness (QED) is 0.207. The van der Waals surface area contributed by atoms with Gasteiger partial charge < -0.3 is 24.1 Å². The average Bonchev–Trinajstić information content (AvgIpc) is 2.95. The number of ether oxygens (including phenoxy) is 2. The lowest BCUT2D eigenvalue weighted by molar-refractivity contribution is -0.194. The number of likely N-dealkylation sites (tertiary alicyclic amines) is 2. The van der Waals surface area contributed by atoms with Gasteiger partial charge in [0.1, 0.15) is 18.6 Å². The van der Waals surface area contributed by atoms with E-state index in [9.17, 15) is 18.0 Å². The zero-order valence-electron chi connectivity index (χ0n) is 26.1. The molecule has 0 unspecified atom stereocenters. The van der Waals surface area contributed by atoms with E-state index >= 15 is 0 Å². The second kappa shape index (κ2) is 13.7. The first-order valence-electron chi connectivity index (χ1n) is 14.7. The molecule has 0 atom stereocenters. The van der Waals surface area contributed by atoms with Crippen molar-refractivity contribution in [1.29, 1.82) is 0 Å². The Bertz CT molecular complexity index is 1350. The number of aromatic nitrogens is 1. The Morgan fingerprint density at radius 1 is 1.11 bits per heavy atom. The van der Waals surface area contributed by atoms with E-state index in [2.05, 4.69) is 38.6 Å². The predicted octanol–water partition coefficient (Wildman–Crippen LogP) is 4.99. The summed E-state index contributed by atoms with van der Waals surface area (Å²) in [4.78, 5) is 27.0. The fraction of sp³-hybridized carbons (Fsp3) is 0.562. The number of nitrogens with zero attached hydrogens (tertiary/aromatic N) is 5. The van der Waals surface area contributed by atoms with Crippen LogP contribution in [0.2, 0.25) is 0 Å². The third-order valence-electron chi connectivity index (χ3n) is 8.44. The lowest BCUT2D eigenvalue weighted by Crippen LogP contribution is -2.64. The summed E-state index contributed by atoms with van der Waals surface area (Å²) in [6, 6.07) is 6.12. The van der Waals surface area contributed by atoms with Crippen LogP contribution in [0, 0.1) is 17.2 Å². The third kappa shape index (κ3) is 7.30. The molecule has 4 aliphatic heterocycles. The van der Waals surface area contributed by atoms with Crippen molar-refractivity contribution in [3.63, 3.8) is 0 Å². The largest absolute Gasteiger partial charge is 0.481 e. The average molecular weight is 618 g/mol. The molecule has 2 aromatic rings. The van der Waals surface area contributed by atoms with Crippen molar-refractivity contribution in [3.8, 4) is 16.9 Å². The molecule has 2 spiro atoms. The number of carbonyl (C=O) groups excluding carboxylic acids is 1. The van der Waals surface area contributed by atoms with Crippen molar-refractivity contribution >= 4 is 18.8 Å². The summed E-state index contributed by atoms with van der Waals surface area (Å²) >= 11 is 0. The molecule has 12 heteroatoms. The zero-order chi connectivity index (χ0) is 32.1. The van der Waals surface area contributed by atoms with Crippen LogP contribution >= 0.6 is 0 Å². The number of hydrogen-bond acceptors (Lipinski definition) is 8. The molecule has 44 heavy (non-hydrogen) atoms. The Kier molecular flexibility index (Phi) is 10.5. The van der Waals surface area contributed by atoms with Crippen LogP contribution in [0.5, 0.6) is 5.75 Å². The van der Waals surface area contributed by atoms with Crippen molar-refractivity contribution in [2.75, 3.05) is 60.6 Å². The van der Waals surface area contributed by atoms with Gasteiger partial charge in [-0.25, -0.2) is 23.1 Å². The van der Waals surface area contributed by atoms with Crippen molar-refractivity contribution in [1.82, 2.24) is 14.8 Å². The fourth-order valence-corrected chi connectivity index (χ4v) is 5.91. The summed E-state index contributed by atoms with van der Waals surface area (Å²) in [5.74, 6) is -2.36. The van der Waals surface area contributed by atoms with E-state index in [0.29, 0.717) is 53.1 Å². The number of alkyl halides is 2. The minimum absolute atomic E-state index is 0.278. The van der Waals surface area contributed by atoms with Gasteiger partial charge in [-0.2, -0.15) is 0 Å². The maximum Gasteiger partial charge on any atom is 0.291 e. The van der Waals surface area contributed by atoms with Crippen molar-refractivity contribution in [2.24, 2.45) is 21.5 Å². The number of pyridine rings is 1. The molecule has 3 saturated heterocycles. The number of oxime groups is 1. The molecule has 3 fully saturated rings. The number of amidine groups is 1. The first-order valence-corrected chi connectivity index (χ1v) is 14.7. The van der Waals surface area contributed by atoms with Gasteiger partial charge in [0.2, 0.25) is 0 Å². The Balaban J connectivity index is 0.000000211. The normalized spacial score (nSPS) is 21.3. The number of fused-ring (bicyclic) bond motifs is 1. The molecule has 0 amide bonds. The fourth-order valence-electron chi connectivity index (χ4n) is 5.91. The molecule has 6 rings (SSSR count). The standard InChI is InChI=1S/C20H19F3N2O2.C6H12N2O.C6H11NO/c1-25-6-4-19(5-7-25)20(22,23)10-14-8-13(2-3-18(14)27-19)15-9-16(21)17(12-26)24-11-15;1-5(2)6(7-3)8-9-4;1-7-2-6(3-7)4-8-5-6/h2-3,8-9,11-12H,4-7,10H2,1H3;5H,3H2,1-2,4H3;2-5H2,1H3/b;8-6-;. The molecular formula is C32H42F3N5O4. The van der Waals surface area contributed by atoms with Crippen LogP contribution in [0.3, 0.4) is 0 Å². The maximum atomic E-state index is 15.0. The predicted molar refractivity (Wildman–Crippen MR) is 163 cm³/mol. The summed E-state index contributed by atoms with van der Waals surface area (Å²) in [6.07, 6.45) is 1.83.